The fourth-order valence-electron chi connectivity index (χ4n) is 2.28. The zero-order valence-corrected chi connectivity index (χ0v) is 11.0. The molecule has 1 aliphatic rings. The second kappa shape index (κ2) is 5.81. The molecule has 5 heteroatoms. The molecule has 0 atom stereocenters. The van der Waals surface area contributed by atoms with E-state index in [-0.39, 0.29) is 12.5 Å². The number of nitrogens with zero attached hydrogens (tertiary/aromatic N) is 3. The normalized spacial score (nSPS) is 16.2. The highest BCUT2D eigenvalue weighted by Crippen LogP contribution is 2.18. The van der Waals surface area contributed by atoms with Crippen LogP contribution in [-0.2, 0) is 0 Å². The van der Waals surface area contributed by atoms with Crippen molar-refractivity contribution in [3.8, 4) is 6.07 Å². The average Bonchev–Trinajstić information content (AvgIpc) is 2.46. The van der Waals surface area contributed by atoms with Crippen molar-refractivity contribution in [2.75, 3.05) is 19.7 Å². The van der Waals surface area contributed by atoms with E-state index in [4.69, 9.17) is 10.4 Å². The lowest BCUT2D eigenvalue weighted by Crippen LogP contribution is -2.39. The van der Waals surface area contributed by atoms with Gasteiger partial charge in [-0.2, -0.15) is 5.26 Å². The molecule has 1 fully saturated rings. The minimum absolute atomic E-state index is 0.0935. The Bertz CT molecular complexity index is 514. The van der Waals surface area contributed by atoms with Gasteiger partial charge < -0.3 is 10.0 Å². The van der Waals surface area contributed by atoms with Gasteiger partial charge in [-0.1, -0.05) is 0 Å². The van der Waals surface area contributed by atoms with Crippen LogP contribution in [0.25, 0.3) is 0 Å². The highest BCUT2D eigenvalue weighted by molar-refractivity contribution is 5.92. The molecule has 0 bridgehead atoms. The van der Waals surface area contributed by atoms with Crippen LogP contribution in [-0.4, -0.2) is 40.6 Å². The molecule has 2 heterocycles. The molecule has 1 N–H and O–H groups in total. The van der Waals surface area contributed by atoms with E-state index in [1.165, 1.54) is 0 Å². The number of aliphatic hydroxyl groups is 1. The number of hydrogen-bond donors (Lipinski definition) is 1. The molecular weight excluding hydrogens is 242 g/mol. The summed E-state index contributed by atoms with van der Waals surface area (Å²) < 4.78 is 0. The standard InChI is InChI=1S/C14H17N3O2/c1-10-12(8-15)2-3-13(16-10)14(19)17-6-4-11(9-18)5-7-17/h2-3,11,18H,4-7,9H2,1H3. The van der Waals surface area contributed by atoms with Crippen molar-refractivity contribution < 1.29 is 9.90 Å². The van der Waals surface area contributed by atoms with Gasteiger partial charge in [0.1, 0.15) is 11.8 Å². The Morgan fingerprint density at radius 3 is 2.74 bits per heavy atom. The third-order valence-corrected chi connectivity index (χ3v) is 3.59. The predicted molar refractivity (Wildman–Crippen MR) is 69.4 cm³/mol. The maximum atomic E-state index is 12.3. The number of piperidine rings is 1. The molecule has 1 saturated heterocycles. The Labute approximate surface area is 112 Å². The molecule has 0 saturated carbocycles. The summed E-state index contributed by atoms with van der Waals surface area (Å²) in [7, 11) is 0. The molecule has 0 aromatic carbocycles. The Hall–Kier alpha value is -1.93. The highest BCUT2D eigenvalue weighted by atomic mass is 16.3. The maximum Gasteiger partial charge on any atom is 0.272 e. The van der Waals surface area contributed by atoms with Gasteiger partial charge in [0.2, 0.25) is 0 Å². The van der Waals surface area contributed by atoms with Crippen LogP contribution in [0.1, 0.15) is 34.6 Å². The van der Waals surface area contributed by atoms with E-state index >= 15 is 0 Å². The third kappa shape index (κ3) is 2.91. The largest absolute Gasteiger partial charge is 0.396 e. The SMILES string of the molecule is Cc1nc(C(=O)N2CCC(CO)CC2)ccc1C#N. The molecule has 2 rings (SSSR count). The molecule has 1 aliphatic heterocycles. The summed E-state index contributed by atoms with van der Waals surface area (Å²) in [5, 5.41) is 17.9. The summed E-state index contributed by atoms with van der Waals surface area (Å²) in [4.78, 5) is 18.2. The number of aromatic nitrogens is 1. The van der Waals surface area contributed by atoms with E-state index in [0.717, 1.165) is 12.8 Å². The Morgan fingerprint density at radius 1 is 1.53 bits per heavy atom. The number of aliphatic hydroxyl groups excluding tert-OH is 1. The zero-order chi connectivity index (χ0) is 13.8. The smallest absolute Gasteiger partial charge is 0.272 e. The van der Waals surface area contributed by atoms with E-state index in [1.807, 2.05) is 6.07 Å². The first-order valence-corrected chi connectivity index (χ1v) is 6.43. The van der Waals surface area contributed by atoms with Crippen LogP contribution >= 0.6 is 0 Å². The molecular formula is C14H17N3O2. The Kier molecular flexibility index (Phi) is 4.13. The quantitative estimate of drug-likeness (QED) is 0.863. The van der Waals surface area contributed by atoms with E-state index in [0.29, 0.717) is 36.0 Å². The first-order valence-electron chi connectivity index (χ1n) is 6.43. The van der Waals surface area contributed by atoms with Gasteiger partial charge >= 0.3 is 0 Å². The number of aryl methyl sites for hydroxylation is 1. The lowest BCUT2D eigenvalue weighted by Gasteiger charge is -2.30. The molecule has 1 aromatic heterocycles. The molecule has 100 valence electrons. The third-order valence-electron chi connectivity index (χ3n) is 3.59. The molecule has 1 aromatic rings. The second-order valence-electron chi connectivity index (χ2n) is 4.86. The highest BCUT2D eigenvalue weighted by Gasteiger charge is 2.24. The van der Waals surface area contributed by atoms with Crippen LogP contribution in [0.15, 0.2) is 12.1 Å². The van der Waals surface area contributed by atoms with Gasteiger partial charge in [-0.05, 0) is 37.8 Å². The van der Waals surface area contributed by atoms with E-state index < -0.39 is 0 Å². The summed E-state index contributed by atoms with van der Waals surface area (Å²) in [6.45, 7) is 3.24. The molecule has 0 radical (unpaired) electrons. The number of hydrogen-bond acceptors (Lipinski definition) is 4. The summed E-state index contributed by atoms with van der Waals surface area (Å²) in [6.07, 6.45) is 1.66. The maximum absolute atomic E-state index is 12.3. The van der Waals surface area contributed by atoms with Gasteiger partial charge in [0.15, 0.2) is 0 Å². The molecule has 19 heavy (non-hydrogen) atoms. The first-order chi connectivity index (χ1) is 9.15. The van der Waals surface area contributed by atoms with Crippen LogP contribution in [0.2, 0.25) is 0 Å². The molecule has 0 unspecified atom stereocenters. The first kappa shape index (κ1) is 13.5. The summed E-state index contributed by atoms with van der Waals surface area (Å²) in [5.41, 5.74) is 1.47. The van der Waals surface area contributed by atoms with Crippen molar-refractivity contribution >= 4 is 5.91 Å². The number of likely N-dealkylation sites (tertiary alicyclic amines) is 1. The van der Waals surface area contributed by atoms with Gasteiger partial charge in [0.05, 0.1) is 11.3 Å². The van der Waals surface area contributed by atoms with Crippen molar-refractivity contribution in [3.63, 3.8) is 0 Å². The van der Waals surface area contributed by atoms with Crippen LogP contribution in [0.5, 0.6) is 0 Å². The van der Waals surface area contributed by atoms with Crippen molar-refractivity contribution in [1.29, 1.82) is 5.26 Å². The molecule has 1 amide bonds. The van der Waals surface area contributed by atoms with E-state index in [1.54, 1.807) is 24.0 Å². The number of rotatable bonds is 2. The lowest BCUT2D eigenvalue weighted by atomic mass is 9.97. The van der Waals surface area contributed by atoms with Gasteiger partial charge in [-0.25, -0.2) is 4.98 Å². The Balaban J connectivity index is 2.08. The van der Waals surface area contributed by atoms with Crippen molar-refractivity contribution in [2.45, 2.75) is 19.8 Å². The van der Waals surface area contributed by atoms with Gasteiger partial charge in [-0.15, -0.1) is 0 Å². The second-order valence-corrected chi connectivity index (χ2v) is 4.86. The number of pyridine rings is 1. The van der Waals surface area contributed by atoms with E-state index in [2.05, 4.69) is 4.98 Å². The fourth-order valence-corrected chi connectivity index (χ4v) is 2.28. The molecule has 0 spiro atoms. The number of carbonyl (C=O) groups is 1. The molecule has 5 nitrogen and oxygen atoms in total. The van der Waals surface area contributed by atoms with Crippen LogP contribution in [0, 0.1) is 24.2 Å². The summed E-state index contributed by atoms with van der Waals surface area (Å²) in [5.74, 6) is 0.212. The van der Waals surface area contributed by atoms with Crippen molar-refractivity contribution in [3.05, 3.63) is 29.1 Å². The fraction of sp³-hybridized carbons (Fsp3) is 0.500. The summed E-state index contributed by atoms with van der Waals surface area (Å²) in [6, 6.07) is 5.28. The van der Waals surface area contributed by atoms with Gasteiger partial charge in [0.25, 0.3) is 5.91 Å². The molecule has 0 aliphatic carbocycles. The van der Waals surface area contributed by atoms with Crippen molar-refractivity contribution in [1.82, 2.24) is 9.88 Å². The van der Waals surface area contributed by atoms with Gasteiger partial charge in [0, 0.05) is 19.7 Å². The van der Waals surface area contributed by atoms with E-state index in [9.17, 15) is 4.79 Å². The average molecular weight is 259 g/mol. The predicted octanol–water partition coefficient (Wildman–Crippen LogP) is 1.11. The van der Waals surface area contributed by atoms with Crippen LogP contribution < -0.4 is 0 Å². The lowest BCUT2D eigenvalue weighted by molar-refractivity contribution is 0.0645. The monoisotopic (exact) mass is 259 g/mol. The number of carbonyl (C=O) groups excluding carboxylic acids is 1. The minimum atomic E-state index is -0.0935. The topological polar surface area (TPSA) is 77.2 Å². The van der Waals surface area contributed by atoms with Crippen molar-refractivity contribution in [2.24, 2.45) is 5.92 Å². The Morgan fingerprint density at radius 2 is 2.21 bits per heavy atom. The van der Waals surface area contributed by atoms with Gasteiger partial charge in [-0.3, -0.25) is 4.79 Å². The van der Waals surface area contributed by atoms with Crippen LogP contribution in [0.4, 0.5) is 0 Å². The minimum Gasteiger partial charge on any atom is -0.396 e. The number of nitriles is 1. The summed E-state index contributed by atoms with van der Waals surface area (Å²) >= 11 is 0. The number of amides is 1. The van der Waals surface area contributed by atoms with Crippen LogP contribution in [0.3, 0.4) is 0 Å². The zero-order valence-electron chi connectivity index (χ0n) is 11.0.